The van der Waals surface area contributed by atoms with Crippen molar-refractivity contribution in [3.63, 3.8) is 0 Å². The van der Waals surface area contributed by atoms with Crippen molar-refractivity contribution in [1.82, 2.24) is 4.72 Å². The number of nitrogens with one attached hydrogen (secondary N) is 1. The van der Waals surface area contributed by atoms with Gasteiger partial charge in [-0.25, -0.2) is 4.79 Å². The molecular weight excluding hydrogens is 306 g/mol. The smallest absolute Gasteiger partial charge is 0.332 e. The highest BCUT2D eigenvalue weighted by Crippen LogP contribution is 2.28. The molecule has 2 N–H and O–H groups in total. The second-order valence-electron chi connectivity index (χ2n) is 5.87. The van der Waals surface area contributed by atoms with E-state index in [9.17, 15) is 14.5 Å². The summed E-state index contributed by atoms with van der Waals surface area (Å²) < 4.78 is 14.5. The maximum Gasteiger partial charge on any atom is 0.332 e. The first-order valence-corrected chi connectivity index (χ1v) is 8.91. The lowest BCUT2D eigenvalue weighted by Crippen LogP contribution is -2.54. The van der Waals surface area contributed by atoms with Crippen molar-refractivity contribution in [3.8, 4) is 0 Å². The largest absolute Gasteiger partial charge is 0.598 e. The minimum atomic E-state index is -1.47. The van der Waals surface area contributed by atoms with Gasteiger partial charge in [0.05, 0.1) is 0 Å². The predicted molar refractivity (Wildman–Crippen MR) is 88.9 cm³/mol. The highest BCUT2D eigenvalue weighted by atomic mass is 32.2. The second-order valence-corrected chi connectivity index (χ2v) is 9.17. The van der Waals surface area contributed by atoms with Gasteiger partial charge in [-0.2, -0.15) is 0 Å². The van der Waals surface area contributed by atoms with Gasteiger partial charge in [0, 0.05) is 16.3 Å². The van der Waals surface area contributed by atoms with Gasteiger partial charge in [-0.3, -0.25) is 0 Å². The summed E-state index contributed by atoms with van der Waals surface area (Å²) in [6, 6.07) is 7.34. The Labute approximate surface area is 134 Å². The Bertz CT molecular complexity index is 485. The fourth-order valence-electron chi connectivity index (χ4n) is 1.62. The normalized spacial score (nSPS) is 16.3. The molecule has 1 rings (SSSR count). The van der Waals surface area contributed by atoms with Gasteiger partial charge in [0.25, 0.3) is 0 Å². The Hall–Kier alpha value is -0.690. The minimum absolute atomic E-state index is 0.533. The van der Waals surface area contributed by atoms with E-state index in [1.54, 1.807) is 51.6 Å². The van der Waals surface area contributed by atoms with Crippen LogP contribution < -0.4 is 4.72 Å². The number of hydrogen-bond donors (Lipinski definition) is 2. The number of benzene rings is 1. The van der Waals surface area contributed by atoms with Crippen LogP contribution in [-0.2, 0) is 21.7 Å². The number of thioether (sulfide) groups is 1. The molecule has 0 spiro atoms. The highest BCUT2D eigenvalue weighted by Gasteiger charge is 2.42. The third-order valence-corrected chi connectivity index (χ3v) is 5.62. The molecule has 0 aliphatic heterocycles. The van der Waals surface area contributed by atoms with Crippen LogP contribution in [0, 0.1) is 0 Å². The molecule has 1 aromatic rings. The van der Waals surface area contributed by atoms with Gasteiger partial charge in [0.1, 0.15) is 4.75 Å². The molecule has 0 bridgehead atoms. The fraction of sp³-hybridized carbons (Fsp3) is 0.533. The number of rotatable bonds is 6. The SMILES string of the molecule is CCSc1ccc([C@@](C)(N[S@+]([O-])C(C)(C)C)C(=O)O)cc1. The van der Waals surface area contributed by atoms with E-state index >= 15 is 0 Å². The number of carbonyl (C=O) groups is 1. The zero-order chi connectivity index (χ0) is 16.3. The monoisotopic (exact) mass is 329 g/mol. The molecule has 6 heteroatoms. The molecule has 0 aliphatic rings. The molecule has 1 aromatic carbocycles. The molecule has 0 aromatic heterocycles. The zero-order valence-electron chi connectivity index (χ0n) is 13.1. The van der Waals surface area contributed by atoms with Gasteiger partial charge in [-0.15, -0.1) is 16.5 Å². The van der Waals surface area contributed by atoms with Crippen LogP contribution in [0.5, 0.6) is 0 Å². The van der Waals surface area contributed by atoms with Crippen LogP contribution in [0.25, 0.3) is 0 Å². The van der Waals surface area contributed by atoms with Crippen molar-refractivity contribution in [2.75, 3.05) is 5.75 Å². The lowest BCUT2D eigenvalue weighted by molar-refractivity contribution is -0.143. The first kappa shape index (κ1) is 18.4. The van der Waals surface area contributed by atoms with Crippen LogP contribution in [0.15, 0.2) is 29.2 Å². The van der Waals surface area contributed by atoms with Gasteiger partial charge in [-0.05, 0) is 51.1 Å². The summed E-state index contributed by atoms with van der Waals surface area (Å²) in [4.78, 5) is 12.8. The molecular formula is C15H23NO3S2. The summed E-state index contributed by atoms with van der Waals surface area (Å²) in [5, 5.41) is 9.57. The Kier molecular flexibility index (Phi) is 6.16. The van der Waals surface area contributed by atoms with Gasteiger partial charge in [0.2, 0.25) is 0 Å². The van der Waals surface area contributed by atoms with Gasteiger partial charge in [-0.1, -0.05) is 19.1 Å². The van der Waals surface area contributed by atoms with Gasteiger partial charge in [0.15, 0.2) is 5.54 Å². The highest BCUT2D eigenvalue weighted by molar-refractivity contribution is 7.99. The van der Waals surface area contributed by atoms with Crippen LogP contribution >= 0.6 is 11.8 Å². The standard InChI is InChI=1S/C15H23NO3S2/c1-6-20-12-9-7-11(8-10-12)15(5,13(17)18)16-21(19)14(2,3)4/h7-10,16H,6H2,1-5H3,(H,17,18)/t15-,21-/m1/s1. The average Bonchev–Trinajstić information content (AvgIpc) is 2.38. The van der Waals surface area contributed by atoms with E-state index in [0.717, 1.165) is 10.6 Å². The van der Waals surface area contributed by atoms with Crippen LogP contribution in [0.1, 0.15) is 40.2 Å². The van der Waals surface area contributed by atoms with Gasteiger partial charge < -0.3 is 9.66 Å². The summed E-state index contributed by atoms with van der Waals surface area (Å²) >= 11 is 0.221. The van der Waals surface area contributed by atoms with Crippen molar-refractivity contribution in [1.29, 1.82) is 0 Å². The first-order chi connectivity index (χ1) is 9.61. The summed E-state index contributed by atoms with van der Waals surface area (Å²) in [5.41, 5.74) is -0.791. The lowest BCUT2D eigenvalue weighted by atomic mass is 9.93. The van der Waals surface area contributed by atoms with E-state index in [1.165, 1.54) is 0 Å². The van der Waals surface area contributed by atoms with Crippen molar-refractivity contribution in [2.45, 2.75) is 49.8 Å². The summed E-state index contributed by atoms with van der Waals surface area (Å²) in [7, 11) is 0. The van der Waals surface area contributed by atoms with E-state index < -0.39 is 27.6 Å². The molecule has 21 heavy (non-hydrogen) atoms. The molecule has 0 unspecified atom stereocenters. The molecule has 0 fully saturated rings. The molecule has 0 saturated heterocycles. The molecule has 0 heterocycles. The third kappa shape index (κ3) is 4.64. The summed E-state index contributed by atoms with van der Waals surface area (Å²) in [6.45, 7) is 9.02. The molecule has 4 nitrogen and oxygen atoms in total. The van der Waals surface area contributed by atoms with E-state index in [0.29, 0.717) is 5.56 Å². The number of carboxylic acids is 1. The van der Waals surface area contributed by atoms with Crippen LogP contribution in [-0.4, -0.2) is 26.1 Å². The zero-order valence-corrected chi connectivity index (χ0v) is 14.7. The summed E-state index contributed by atoms with van der Waals surface area (Å²) in [5.74, 6) is -0.0852. The summed E-state index contributed by atoms with van der Waals surface area (Å²) in [6.07, 6.45) is 0. The molecule has 0 saturated carbocycles. The van der Waals surface area contributed by atoms with Crippen LogP contribution in [0.2, 0.25) is 0 Å². The Morgan fingerprint density at radius 2 is 1.81 bits per heavy atom. The maximum atomic E-state index is 12.3. The number of aliphatic carboxylic acids is 1. The molecule has 118 valence electrons. The van der Waals surface area contributed by atoms with Crippen molar-refractivity contribution < 1.29 is 14.5 Å². The quantitative estimate of drug-likeness (QED) is 0.619. The lowest BCUT2D eigenvalue weighted by Gasteiger charge is -2.32. The molecule has 0 amide bonds. The molecule has 0 aliphatic carbocycles. The fourth-order valence-corrected chi connectivity index (χ4v) is 3.16. The third-order valence-electron chi connectivity index (χ3n) is 3.02. The number of carboxylic acid groups (broad SMARTS) is 1. The Morgan fingerprint density at radius 1 is 1.29 bits per heavy atom. The Morgan fingerprint density at radius 3 is 2.19 bits per heavy atom. The molecule has 2 atom stereocenters. The van der Waals surface area contributed by atoms with Gasteiger partial charge >= 0.3 is 5.97 Å². The maximum absolute atomic E-state index is 12.3. The van der Waals surface area contributed by atoms with Crippen LogP contribution in [0.3, 0.4) is 0 Å². The van der Waals surface area contributed by atoms with Crippen LogP contribution in [0.4, 0.5) is 0 Å². The number of hydrogen-bond acceptors (Lipinski definition) is 4. The first-order valence-electron chi connectivity index (χ1n) is 6.77. The van der Waals surface area contributed by atoms with E-state index in [2.05, 4.69) is 11.6 Å². The second kappa shape index (κ2) is 7.05. The molecule has 0 radical (unpaired) electrons. The predicted octanol–water partition coefficient (Wildman–Crippen LogP) is 3.15. The van der Waals surface area contributed by atoms with E-state index in [4.69, 9.17) is 0 Å². The van der Waals surface area contributed by atoms with Crippen molar-refractivity contribution >= 4 is 29.1 Å². The average molecular weight is 329 g/mol. The minimum Gasteiger partial charge on any atom is -0.598 e. The van der Waals surface area contributed by atoms with E-state index in [-0.39, 0.29) is 0 Å². The van der Waals surface area contributed by atoms with E-state index in [1.807, 2.05) is 12.1 Å². The van der Waals surface area contributed by atoms with Crippen molar-refractivity contribution in [3.05, 3.63) is 29.8 Å². The topological polar surface area (TPSA) is 72.4 Å². The van der Waals surface area contributed by atoms with Crippen molar-refractivity contribution in [2.24, 2.45) is 0 Å². The Balaban J connectivity index is 3.07.